The van der Waals surface area contributed by atoms with Gasteiger partial charge in [0.1, 0.15) is 0 Å². The SMILES string of the molecule is FC(F)(F)c1cccc(-c2cc(-n3c4ccccc4c4cc(-c5ccnc(-c6ccccc6)c5)ccc43)ccc2-n2c3ccccc3c3cc(-c4ccnc(-c5ccccc5)c4)ccc32)c1. The Kier molecular flexibility index (Phi) is 9.24. The minimum Gasteiger partial charge on any atom is -0.309 e. The van der Waals surface area contributed by atoms with E-state index in [0.29, 0.717) is 11.1 Å². The maximum Gasteiger partial charge on any atom is 0.416 e. The van der Waals surface area contributed by atoms with Crippen molar-refractivity contribution < 1.29 is 13.2 Å². The van der Waals surface area contributed by atoms with Gasteiger partial charge in [-0.05, 0) is 119 Å². The highest BCUT2D eigenvalue weighted by atomic mass is 19.4. The molecule has 4 nitrogen and oxygen atoms in total. The van der Waals surface area contributed by atoms with Crippen LogP contribution in [0, 0.1) is 0 Å². The molecule has 12 rings (SSSR count). The zero-order valence-corrected chi connectivity index (χ0v) is 35.3. The number of benzene rings is 8. The first-order valence-electron chi connectivity index (χ1n) is 21.8. The molecule has 314 valence electrons. The third kappa shape index (κ3) is 6.72. The summed E-state index contributed by atoms with van der Waals surface area (Å²) in [6, 6.07) is 69.8. The molecule has 0 aliphatic heterocycles. The van der Waals surface area contributed by atoms with Gasteiger partial charge in [0.05, 0.1) is 44.7 Å². The van der Waals surface area contributed by atoms with E-state index < -0.39 is 11.7 Å². The van der Waals surface area contributed by atoms with Gasteiger partial charge < -0.3 is 9.13 Å². The second-order valence-electron chi connectivity index (χ2n) is 16.5. The largest absolute Gasteiger partial charge is 0.416 e. The Bertz CT molecular complexity index is 3810. The molecule has 0 saturated heterocycles. The van der Waals surface area contributed by atoms with Crippen LogP contribution in [0.3, 0.4) is 0 Å². The molecule has 12 aromatic rings. The number of hydrogen-bond acceptors (Lipinski definition) is 2. The molecule has 0 spiro atoms. The van der Waals surface area contributed by atoms with Crippen molar-refractivity contribution in [1.29, 1.82) is 0 Å². The van der Waals surface area contributed by atoms with E-state index in [9.17, 15) is 13.2 Å². The molecule has 8 aromatic carbocycles. The van der Waals surface area contributed by atoms with Crippen LogP contribution in [0.2, 0.25) is 0 Å². The van der Waals surface area contributed by atoms with Gasteiger partial charge in [-0.1, -0.05) is 121 Å². The van der Waals surface area contributed by atoms with Crippen molar-refractivity contribution >= 4 is 43.6 Å². The topological polar surface area (TPSA) is 35.6 Å². The number of alkyl halides is 3. The fraction of sp³-hybridized carbons (Fsp3) is 0.0169. The highest BCUT2D eigenvalue weighted by molar-refractivity contribution is 6.12. The van der Waals surface area contributed by atoms with E-state index in [4.69, 9.17) is 0 Å². The molecule has 0 aliphatic rings. The molecule has 4 heterocycles. The van der Waals surface area contributed by atoms with Gasteiger partial charge in [0.25, 0.3) is 0 Å². The van der Waals surface area contributed by atoms with Crippen LogP contribution >= 0.6 is 0 Å². The summed E-state index contributed by atoms with van der Waals surface area (Å²) < 4.78 is 47.8. The highest BCUT2D eigenvalue weighted by Crippen LogP contribution is 2.42. The highest BCUT2D eigenvalue weighted by Gasteiger charge is 2.31. The van der Waals surface area contributed by atoms with E-state index in [0.717, 1.165) is 106 Å². The predicted molar refractivity (Wildman–Crippen MR) is 263 cm³/mol. The number of rotatable bonds is 7. The zero-order chi connectivity index (χ0) is 44.4. The van der Waals surface area contributed by atoms with Crippen molar-refractivity contribution in [2.75, 3.05) is 0 Å². The number of pyridine rings is 2. The van der Waals surface area contributed by atoms with Crippen molar-refractivity contribution in [3.63, 3.8) is 0 Å². The van der Waals surface area contributed by atoms with Crippen LogP contribution < -0.4 is 0 Å². The van der Waals surface area contributed by atoms with Gasteiger partial charge in [0.15, 0.2) is 0 Å². The van der Waals surface area contributed by atoms with Crippen LogP contribution in [0.15, 0.2) is 225 Å². The smallest absolute Gasteiger partial charge is 0.309 e. The molecule has 0 atom stereocenters. The molecule has 0 unspecified atom stereocenters. The lowest BCUT2D eigenvalue weighted by Crippen LogP contribution is -2.05. The van der Waals surface area contributed by atoms with Gasteiger partial charge in [0.2, 0.25) is 0 Å². The fourth-order valence-electron chi connectivity index (χ4n) is 9.55. The first-order chi connectivity index (χ1) is 32.4. The summed E-state index contributed by atoms with van der Waals surface area (Å²) in [5.41, 5.74) is 13.9. The Labute approximate surface area is 378 Å². The molecule has 0 amide bonds. The Morgan fingerprint density at radius 2 is 0.818 bits per heavy atom. The van der Waals surface area contributed by atoms with Gasteiger partial charge in [-0.15, -0.1) is 0 Å². The molecule has 4 aromatic heterocycles. The van der Waals surface area contributed by atoms with Crippen LogP contribution in [-0.2, 0) is 6.18 Å². The number of para-hydroxylation sites is 2. The summed E-state index contributed by atoms with van der Waals surface area (Å²) >= 11 is 0. The Hall–Kier alpha value is -8.55. The summed E-state index contributed by atoms with van der Waals surface area (Å²) in [5.74, 6) is 0. The molecule has 0 bridgehead atoms. The number of hydrogen-bond donors (Lipinski definition) is 0. The van der Waals surface area contributed by atoms with E-state index in [2.05, 4.69) is 128 Å². The third-order valence-corrected chi connectivity index (χ3v) is 12.7. The van der Waals surface area contributed by atoms with Crippen molar-refractivity contribution in [3.05, 3.63) is 230 Å². The lowest BCUT2D eigenvalue weighted by atomic mass is 9.99. The molecule has 0 saturated carbocycles. The first-order valence-corrected chi connectivity index (χ1v) is 21.8. The quantitative estimate of drug-likeness (QED) is 0.160. The fourth-order valence-corrected chi connectivity index (χ4v) is 9.55. The maximum absolute atomic E-state index is 14.5. The second kappa shape index (κ2) is 15.6. The molecule has 0 radical (unpaired) electrons. The summed E-state index contributed by atoms with van der Waals surface area (Å²) in [5, 5.41) is 4.20. The molecule has 66 heavy (non-hydrogen) atoms. The van der Waals surface area contributed by atoms with Crippen molar-refractivity contribution in [3.8, 4) is 67.3 Å². The van der Waals surface area contributed by atoms with Crippen LogP contribution in [0.4, 0.5) is 13.2 Å². The van der Waals surface area contributed by atoms with Crippen molar-refractivity contribution in [1.82, 2.24) is 19.1 Å². The Morgan fingerprint density at radius 1 is 0.333 bits per heavy atom. The minimum atomic E-state index is -4.52. The van der Waals surface area contributed by atoms with Crippen LogP contribution in [0.25, 0.3) is 111 Å². The molecule has 0 N–H and O–H groups in total. The molecule has 0 fully saturated rings. The van der Waals surface area contributed by atoms with Gasteiger partial charge >= 0.3 is 6.18 Å². The van der Waals surface area contributed by atoms with Gasteiger partial charge in [-0.2, -0.15) is 13.2 Å². The summed E-state index contributed by atoms with van der Waals surface area (Å²) in [6.07, 6.45) is -0.834. The molecule has 0 aliphatic carbocycles. The number of aromatic nitrogens is 4. The Morgan fingerprint density at radius 3 is 1.39 bits per heavy atom. The second-order valence-corrected chi connectivity index (χ2v) is 16.5. The van der Waals surface area contributed by atoms with Crippen molar-refractivity contribution in [2.45, 2.75) is 6.18 Å². The lowest BCUT2D eigenvalue weighted by molar-refractivity contribution is -0.137. The summed E-state index contributed by atoms with van der Waals surface area (Å²) in [4.78, 5) is 9.32. The van der Waals surface area contributed by atoms with Crippen molar-refractivity contribution in [2.24, 2.45) is 0 Å². The molecular weight excluding hydrogens is 822 g/mol. The maximum atomic E-state index is 14.5. The molecular formula is C59H37F3N4. The third-order valence-electron chi connectivity index (χ3n) is 12.7. The zero-order valence-electron chi connectivity index (χ0n) is 35.3. The van der Waals surface area contributed by atoms with Gasteiger partial charge in [0, 0.05) is 56.3 Å². The van der Waals surface area contributed by atoms with E-state index >= 15 is 0 Å². The average Bonchev–Trinajstić information content (AvgIpc) is 3.89. The number of halogens is 3. The summed E-state index contributed by atoms with van der Waals surface area (Å²) in [7, 11) is 0. The van der Waals surface area contributed by atoms with Crippen LogP contribution in [-0.4, -0.2) is 19.1 Å². The predicted octanol–water partition coefficient (Wildman–Crippen LogP) is 16.0. The van der Waals surface area contributed by atoms with Crippen LogP contribution in [0.5, 0.6) is 0 Å². The van der Waals surface area contributed by atoms with E-state index in [-0.39, 0.29) is 0 Å². The van der Waals surface area contributed by atoms with Crippen LogP contribution in [0.1, 0.15) is 5.56 Å². The number of nitrogens with zero attached hydrogens (tertiary/aromatic N) is 4. The van der Waals surface area contributed by atoms with E-state index in [1.807, 2.05) is 91.3 Å². The minimum absolute atomic E-state index is 0.462. The average molecular weight is 859 g/mol. The normalized spacial score (nSPS) is 11.9. The van der Waals surface area contributed by atoms with Gasteiger partial charge in [-0.25, -0.2) is 0 Å². The monoisotopic (exact) mass is 858 g/mol. The summed E-state index contributed by atoms with van der Waals surface area (Å²) in [6.45, 7) is 0. The van der Waals surface area contributed by atoms with E-state index in [1.54, 1.807) is 6.07 Å². The first kappa shape index (κ1) is 39.1. The lowest BCUT2D eigenvalue weighted by Gasteiger charge is -2.18. The number of fused-ring (bicyclic) bond motifs is 6. The van der Waals surface area contributed by atoms with Gasteiger partial charge in [-0.3, -0.25) is 9.97 Å². The van der Waals surface area contributed by atoms with E-state index in [1.165, 1.54) is 12.1 Å². The standard InChI is InChI=1S/C59H37F3N4/c60-59(61,62)45-17-11-16-44(32-45)49-37-46(65-54-20-9-7-18-47(54)50-33-40(22-25-57(50)65)42-28-30-63-52(35-42)38-12-3-1-4-13-38)24-27-56(49)66-55-21-10-8-19-48(55)51-34-41(23-26-58(51)66)43-29-31-64-53(36-43)39-14-5-2-6-15-39/h1-37H. The Balaban J connectivity index is 1.05. The molecule has 7 heteroatoms.